The summed E-state index contributed by atoms with van der Waals surface area (Å²) < 4.78 is 7.44. The Balaban J connectivity index is 1.76. The zero-order valence-electron chi connectivity index (χ0n) is 12.1. The molecule has 0 atom stereocenters. The number of nitrogens with zero attached hydrogens (tertiary/aromatic N) is 4. The van der Waals surface area contributed by atoms with E-state index in [2.05, 4.69) is 23.2 Å². The van der Waals surface area contributed by atoms with E-state index in [0.29, 0.717) is 5.56 Å². The van der Waals surface area contributed by atoms with Gasteiger partial charge in [0.2, 0.25) is 0 Å². The monoisotopic (exact) mass is 310 g/mol. The predicted molar refractivity (Wildman–Crippen MR) is 84.1 cm³/mol. The van der Waals surface area contributed by atoms with Crippen LogP contribution >= 0.6 is 11.8 Å². The summed E-state index contributed by atoms with van der Waals surface area (Å²) in [4.78, 5) is 0. The van der Waals surface area contributed by atoms with Gasteiger partial charge in [0.1, 0.15) is 0 Å². The zero-order valence-corrected chi connectivity index (χ0v) is 12.9. The van der Waals surface area contributed by atoms with Gasteiger partial charge in [0.15, 0.2) is 16.7 Å². The molecule has 3 aromatic rings. The molecule has 0 aliphatic rings. The van der Waals surface area contributed by atoms with Gasteiger partial charge in [-0.15, -0.1) is 10.2 Å². The lowest BCUT2D eigenvalue weighted by Crippen LogP contribution is -1.99. The number of hydrogen-bond acceptors (Lipinski definition) is 5. The Morgan fingerprint density at radius 3 is 2.68 bits per heavy atom. The summed E-state index contributed by atoms with van der Waals surface area (Å²) in [6.07, 6.45) is 1.63. The third-order valence-corrected chi connectivity index (χ3v) is 4.26. The van der Waals surface area contributed by atoms with Gasteiger partial charge in [-0.2, -0.15) is 5.26 Å². The van der Waals surface area contributed by atoms with Gasteiger partial charge in [-0.05, 0) is 36.8 Å². The van der Waals surface area contributed by atoms with Crippen molar-refractivity contribution in [2.45, 2.75) is 24.4 Å². The van der Waals surface area contributed by atoms with Crippen molar-refractivity contribution in [1.82, 2.24) is 14.8 Å². The van der Waals surface area contributed by atoms with Crippen LogP contribution in [0.4, 0.5) is 0 Å². The molecule has 2 heterocycles. The summed E-state index contributed by atoms with van der Waals surface area (Å²) in [6.45, 7) is 2.83. The Hall–Kier alpha value is -2.52. The molecule has 0 N–H and O–H groups in total. The molecule has 0 bridgehead atoms. The minimum Gasteiger partial charge on any atom is -0.461 e. The first kappa shape index (κ1) is 14.4. The molecule has 0 saturated heterocycles. The van der Waals surface area contributed by atoms with Crippen molar-refractivity contribution >= 4 is 11.8 Å². The van der Waals surface area contributed by atoms with Crippen LogP contribution in [0.25, 0.3) is 11.6 Å². The fourth-order valence-electron chi connectivity index (χ4n) is 2.09. The highest BCUT2D eigenvalue weighted by Crippen LogP contribution is 2.26. The van der Waals surface area contributed by atoms with Gasteiger partial charge in [-0.25, -0.2) is 0 Å². The van der Waals surface area contributed by atoms with Gasteiger partial charge in [-0.1, -0.05) is 23.9 Å². The van der Waals surface area contributed by atoms with Gasteiger partial charge < -0.3 is 4.42 Å². The number of nitriles is 1. The molecule has 110 valence electrons. The molecule has 2 aromatic heterocycles. The highest BCUT2D eigenvalue weighted by molar-refractivity contribution is 7.98. The van der Waals surface area contributed by atoms with Crippen molar-refractivity contribution in [3.05, 3.63) is 53.8 Å². The lowest BCUT2D eigenvalue weighted by Gasteiger charge is -2.05. The smallest absolute Gasteiger partial charge is 0.200 e. The van der Waals surface area contributed by atoms with Crippen LogP contribution in [0.15, 0.2) is 52.2 Å². The molecule has 0 spiro atoms. The maximum absolute atomic E-state index is 8.81. The molecular weight excluding hydrogens is 296 g/mol. The topological polar surface area (TPSA) is 67.6 Å². The SMILES string of the molecule is CCn1c(SCc2ccc(C#N)cc2)nnc1-c1ccco1. The quantitative estimate of drug-likeness (QED) is 0.672. The van der Waals surface area contributed by atoms with Gasteiger partial charge in [-0.3, -0.25) is 4.57 Å². The first-order valence-electron chi connectivity index (χ1n) is 6.90. The molecule has 0 unspecified atom stereocenters. The van der Waals surface area contributed by atoms with Crippen LogP contribution in [-0.2, 0) is 12.3 Å². The molecule has 0 aliphatic carbocycles. The summed E-state index contributed by atoms with van der Waals surface area (Å²) in [6, 6.07) is 13.4. The van der Waals surface area contributed by atoms with Crippen LogP contribution in [-0.4, -0.2) is 14.8 Å². The van der Waals surface area contributed by atoms with Crippen molar-refractivity contribution in [2.75, 3.05) is 0 Å². The molecule has 0 amide bonds. The Kier molecular flexibility index (Phi) is 4.26. The molecule has 5 nitrogen and oxygen atoms in total. The van der Waals surface area contributed by atoms with E-state index in [9.17, 15) is 0 Å². The van der Waals surface area contributed by atoms with E-state index >= 15 is 0 Å². The van der Waals surface area contributed by atoms with E-state index in [1.54, 1.807) is 18.0 Å². The van der Waals surface area contributed by atoms with E-state index in [1.165, 1.54) is 0 Å². The molecule has 0 fully saturated rings. The minimum atomic E-state index is 0.672. The van der Waals surface area contributed by atoms with Gasteiger partial charge >= 0.3 is 0 Å². The van der Waals surface area contributed by atoms with E-state index in [0.717, 1.165) is 34.6 Å². The second-order valence-electron chi connectivity index (χ2n) is 4.63. The maximum Gasteiger partial charge on any atom is 0.200 e. The predicted octanol–water partition coefficient (Wildman–Crippen LogP) is 3.72. The standard InChI is InChI=1S/C16H14N4OS/c1-2-20-15(14-4-3-9-21-14)18-19-16(20)22-11-13-7-5-12(10-17)6-8-13/h3-9H,2,11H2,1H3. The van der Waals surface area contributed by atoms with Crippen LogP contribution in [0.5, 0.6) is 0 Å². The molecule has 6 heteroatoms. The number of benzene rings is 1. The van der Waals surface area contributed by atoms with Crippen LogP contribution in [0, 0.1) is 11.3 Å². The van der Waals surface area contributed by atoms with E-state index in [4.69, 9.17) is 9.68 Å². The van der Waals surface area contributed by atoms with Gasteiger partial charge in [0.05, 0.1) is 17.9 Å². The van der Waals surface area contributed by atoms with E-state index in [-0.39, 0.29) is 0 Å². The fraction of sp³-hybridized carbons (Fsp3) is 0.188. The second kappa shape index (κ2) is 6.50. The van der Waals surface area contributed by atoms with Crippen LogP contribution in [0.2, 0.25) is 0 Å². The first-order chi connectivity index (χ1) is 10.8. The number of furan rings is 1. The summed E-state index contributed by atoms with van der Waals surface area (Å²) in [5.41, 5.74) is 1.82. The van der Waals surface area contributed by atoms with Crippen molar-refractivity contribution < 1.29 is 4.42 Å². The lowest BCUT2D eigenvalue weighted by atomic mass is 10.2. The normalized spacial score (nSPS) is 10.5. The Labute approximate surface area is 132 Å². The van der Waals surface area contributed by atoms with Crippen LogP contribution in [0.1, 0.15) is 18.1 Å². The molecule has 0 saturated carbocycles. The number of hydrogen-bond donors (Lipinski definition) is 0. The largest absolute Gasteiger partial charge is 0.461 e. The Bertz CT molecular complexity index is 785. The molecule has 1 aromatic carbocycles. The van der Waals surface area contributed by atoms with Crippen molar-refractivity contribution in [1.29, 1.82) is 5.26 Å². The van der Waals surface area contributed by atoms with Gasteiger partial charge in [0, 0.05) is 12.3 Å². The highest BCUT2D eigenvalue weighted by atomic mass is 32.2. The molecule has 22 heavy (non-hydrogen) atoms. The summed E-state index contributed by atoms with van der Waals surface area (Å²) in [5.74, 6) is 2.25. The number of thioether (sulfide) groups is 1. The fourth-order valence-corrected chi connectivity index (χ4v) is 3.05. The van der Waals surface area contributed by atoms with Crippen LogP contribution < -0.4 is 0 Å². The Morgan fingerprint density at radius 2 is 2.05 bits per heavy atom. The van der Waals surface area contributed by atoms with E-state index in [1.807, 2.05) is 41.0 Å². The highest BCUT2D eigenvalue weighted by Gasteiger charge is 2.14. The summed E-state index contributed by atoms with van der Waals surface area (Å²) in [7, 11) is 0. The van der Waals surface area contributed by atoms with Crippen molar-refractivity contribution in [3.8, 4) is 17.7 Å². The van der Waals surface area contributed by atoms with Crippen LogP contribution in [0.3, 0.4) is 0 Å². The lowest BCUT2D eigenvalue weighted by molar-refractivity contribution is 0.567. The summed E-state index contributed by atoms with van der Waals surface area (Å²) in [5, 5.41) is 18.2. The zero-order chi connectivity index (χ0) is 15.4. The summed E-state index contributed by atoms with van der Waals surface area (Å²) >= 11 is 1.62. The molecular formula is C16H14N4OS. The average molecular weight is 310 g/mol. The molecule has 0 radical (unpaired) electrons. The molecule has 0 aliphatic heterocycles. The van der Waals surface area contributed by atoms with Crippen molar-refractivity contribution in [3.63, 3.8) is 0 Å². The van der Waals surface area contributed by atoms with E-state index < -0.39 is 0 Å². The Morgan fingerprint density at radius 1 is 1.23 bits per heavy atom. The first-order valence-corrected chi connectivity index (χ1v) is 7.89. The molecule has 3 rings (SSSR count). The average Bonchev–Trinajstić information content (AvgIpc) is 3.22. The number of aromatic nitrogens is 3. The van der Waals surface area contributed by atoms with Gasteiger partial charge in [0.25, 0.3) is 0 Å². The third kappa shape index (κ3) is 2.90. The maximum atomic E-state index is 8.81. The second-order valence-corrected chi connectivity index (χ2v) is 5.57. The number of rotatable bonds is 5. The minimum absolute atomic E-state index is 0.672. The van der Waals surface area contributed by atoms with Crippen molar-refractivity contribution in [2.24, 2.45) is 0 Å². The third-order valence-electron chi connectivity index (χ3n) is 3.23.